The average Bonchev–Trinajstić information content (AvgIpc) is 3.01. The van der Waals surface area contributed by atoms with Gasteiger partial charge in [-0.15, -0.1) is 0 Å². The largest absolute Gasteiger partial charge is 0.371 e. The van der Waals surface area contributed by atoms with Crippen LogP contribution in [0.15, 0.2) is 30.6 Å². The Morgan fingerprint density at radius 3 is 2.67 bits per heavy atom. The van der Waals surface area contributed by atoms with Crippen molar-refractivity contribution in [3.05, 3.63) is 47.0 Å². The average molecular weight is 426 g/mol. The van der Waals surface area contributed by atoms with Gasteiger partial charge in [-0.3, -0.25) is 14.5 Å². The van der Waals surface area contributed by atoms with Crippen molar-refractivity contribution in [2.75, 3.05) is 23.3 Å². The molecule has 158 valence electrons. The van der Waals surface area contributed by atoms with Gasteiger partial charge >= 0.3 is 0 Å². The first-order valence-corrected chi connectivity index (χ1v) is 11.0. The van der Waals surface area contributed by atoms with Crippen LogP contribution in [0.3, 0.4) is 0 Å². The fourth-order valence-electron chi connectivity index (χ4n) is 4.16. The maximum atomic E-state index is 13.1. The lowest BCUT2D eigenvalue weighted by atomic mass is 10.0. The van der Waals surface area contributed by atoms with Crippen molar-refractivity contribution in [3.8, 4) is 0 Å². The standard InChI is InChI=1S/C23H28ClN5O/c1-15(2)14-29-22(24)21(16(3)27-29)23(30)26-19-7-8-20(28-11-5-4-6-12-28)17-9-10-25-13-18(17)19/h7-10,13,15H,4-6,11-12,14H2,1-3H3,(H,26,30). The van der Waals surface area contributed by atoms with Crippen LogP contribution >= 0.6 is 11.6 Å². The van der Waals surface area contributed by atoms with Gasteiger partial charge in [0.2, 0.25) is 0 Å². The number of nitrogens with zero attached hydrogens (tertiary/aromatic N) is 4. The van der Waals surface area contributed by atoms with E-state index in [2.05, 4.69) is 40.2 Å². The maximum Gasteiger partial charge on any atom is 0.260 e. The van der Waals surface area contributed by atoms with E-state index in [9.17, 15) is 4.79 Å². The van der Waals surface area contributed by atoms with Crippen LogP contribution in [-0.4, -0.2) is 33.8 Å². The molecule has 0 bridgehead atoms. The number of anilines is 2. The van der Waals surface area contributed by atoms with Crippen molar-refractivity contribution in [1.29, 1.82) is 0 Å². The Kier molecular flexibility index (Phi) is 5.95. The second kappa shape index (κ2) is 8.64. The summed E-state index contributed by atoms with van der Waals surface area (Å²) < 4.78 is 1.70. The van der Waals surface area contributed by atoms with Crippen molar-refractivity contribution in [1.82, 2.24) is 14.8 Å². The third kappa shape index (κ3) is 4.01. The number of hydrogen-bond donors (Lipinski definition) is 1. The van der Waals surface area contributed by atoms with Gasteiger partial charge in [0.1, 0.15) is 5.15 Å². The number of carbonyl (C=O) groups is 1. The van der Waals surface area contributed by atoms with E-state index in [-0.39, 0.29) is 5.91 Å². The molecule has 3 aromatic rings. The van der Waals surface area contributed by atoms with Crippen LogP contribution in [-0.2, 0) is 6.54 Å². The number of benzene rings is 1. The molecule has 1 aliphatic rings. The molecule has 0 atom stereocenters. The maximum absolute atomic E-state index is 13.1. The van der Waals surface area contributed by atoms with Gasteiger partial charge in [-0.25, -0.2) is 0 Å². The van der Waals surface area contributed by atoms with E-state index >= 15 is 0 Å². The molecule has 0 saturated carbocycles. The number of carbonyl (C=O) groups excluding carboxylic acids is 1. The number of pyridine rings is 1. The third-order valence-corrected chi connectivity index (χ3v) is 5.95. The van der Waals surface area contributed by atoms with Gasteiger partial charge in [0.15, 0.2) is 0 Å². The number of halogens is 1. The summed E-state index contributed by atoms with van der Waals surface area (Å²) in [5, 5.41) is 9.91. The Morgan fingerprint density at radius 1 is 1.17 bits per heavy atom. The van der Waals surface area contributed by atoms with E-state index in [1.165, 1.54) is 24.9 Å². The molecule has 1 N–H and O–H groups in total. The van der Waals surface area contributed by atoms with Crippen LogP contribution in [0.2, 0.25) is 5.15 Å². The quantitative estimate of drug-likeness (QED) is 0.603. The number of aryl methyl sites for hydroxylation is 1. The Labute approximate surface area is 182 Å². The summed E-state index contributed by atoms with van der Waals surface area (Å²) in [6.45, 7) is 8.80. The zero-order chi connectivity index (χ0) is 21.3. The van der Waals surface area contributed by atoms with E-state index in [0.717, 1.165) is 29.5 Å². The SMILES string of the molecule is Cc1nn(CC(C)C)c(Cl)c1C(=O)Nc1ccc(N2CCCCC2)c2ccncc12. The predicted octanol–water partition coefficient (Wildman–Crippen LogP) is 5.29. The molecule has 1 amide bonds. The predicted molar refractivity (Wildman–Crippen MR) is 123 cm³/mol. The topological polar surface area (TPSA) is 63.1 Å². The molecule has 2 aromatic heterocycles. The molecule has 0 radical (unpaired) electrons. The molecule has 1 fully saturated rings. The summed E-state index contributed by atoms with van der Waals surface area (Å²) in [4.78, 5) is 19.8. The summed E-state index contributed by atoms with van der Waals surface area (Å²) in [5.74, 6) is 0.137. The van der Waals surface area contributed by atoms with Gasteiger partial charge < -0.3 is 10.2 Å². The van der Waals surface area contributed by atoms with Crippen LogP contribution < -0.4 is 10.2 Å². The summed E-state index contributed by atoms with van der Waals surface area (Å²) in [6, 6.07) is 6.08. The first-order chi connectivity index (χ1) is 14.5. The molecule has 0 unspecified atom stereocenters. The number of fused-ring (bicyclic) bond motifs is 1. The first kappa shape index (κ1) is 20.7. The van der Waals surface area contributed by atoms with E-state index < -0.39 is 0 Å². The Hall–Kier alpha value is -2.60. The number of aromatic nitrogens is 3. The summed E-state index contributed by atoms with van der Waals surface area (Å²) >= 11 is 6.50. The normalized spacial score (nSPS) is 14.5. The lowest BCUT2D eigenvalue weighted by Gasteiger charge is -2.30. The molecule has 30 heavy (non-hydrogen) atoms. The Bertz CT molecular complexity index is 1070. The van der Waals surface area contributed by atoms with Gasteiger partial charge in [-0.2, -0.15) is 5.10 Å². The first-order valence-electron chi connectivity index (χ1n) is 10.6. The van der Waals surface area contributed by atoms with Crippen LogP contribution in [0.25, 0.3) is 10.8 Å². The summed E-state index contributed by atoms with van der Waals surface area (Å²) in [6.07, 6.45) is 7.33. The zero-order valence-corrected chi connectivity index (χ0v) is 18.5. The highest BCUT2D eigenvalue weighted by Crippen LogP contribution is 2.34. The molecule has 3 heterocycles. The lowest BCUT2D eigenvalue weighted by molar-refractivity contribution is 0.102. The molecule has 6 nitrogen and oxygen atoms in total. The van der Waals surface area contributed by atoms with Gasteiger partial charge in [0.05, 0.1) is 16.9 Å². The molecular formula is C23H28ClN5O. The number of piperidine rings is 1. The van der Waals surface area contributed by atoms with Gasteiger partial charge in [-0.05, 0) is 50.3 Å². The van der Waals surface area contributed by atoms with E-state index in [4.69, 9.17) is 11.6 Å². The lowest BCUT2D eigenvalue weighted by Crippen LogP contribution is -2.29. The Morgan fingerprint density at radius 2 is 1.93 bits per heavy atom. The van der Waals surface area contributed by atoms with E-state index in [0.29, 0.717) is 28.9 Å². The minimum absolute atomic E-state index is 0.247. The molecule has 1 aliphatic heterocycles. The smallest absolute Gasteiger partial charge is 0.260 e. The minimum atomic E-state index is -0.247. The molecule has 0 spiro atoms. The highest BCUT2D eigenvalue weighted by molar-refractivity contribution is 6.33. The van der Waals surface area contributed by atoms with Gasteiger partial charge in [-0.1, -0.05) is 25.4 Å². The van der Waals surface area contributed by atoms with Crippen LogP contribution in [0, 0.1) is 12.8 Å². The second-order valence-corrected chi connectivity index (χ2v) is 8.74. The Balaban J connectivity index is 1.66. The van der Waals surface area contributed by atoms with Crippen LogP contribution in [0.5, 0.6) is 0 Å². The minimum Gasteiger partial charge on any atom is -0.371 e. The van der Waals surface area contributed by atoms with Gasteiger partial charge in [0.25, 0.3) is 5.91 Å². The van der Waals surface area contributed by atoms with Crippen molar-refractivity contribution < 1.29 is 4.79 Å². The summed E-state index contributed by atoms with van der Waals surface area (Å²) in [5.41, 5.74) is 2.99. The second-order valence-electron chi connectivity index (χ2n) is 8.38. The fraction of sp³-hybridized carbons (Fsp3) is 0.435. The molecule has 4 rings (SSSR count). The highest BCUT2D eigenvalue weighted by Gasteiger charge is 2.22. The van der Waals surface area contributed by atoms with Crippen LogP contribution in [0.1, 0.15) is 49.2 Å². The van der Waals surface area contributed by atoms with E-state index in [1.54, 1.807) is 10.9 Å². The zero-order valence-electron chi connectivity index (χ0n) is 17.8. The molecule has 7 heteroatoms. The van der Waals surface area contributed by atoms with E-state index in [1.807, 2.05) is 25.3 Å². The van der Waals surface area contributed by atoms with Crippen molar-refractivity contribution >= 4 is 39.7 Å². The molecule has 1 saturated heterocycles. The molecular weight excluding hydrogens is 398 g/mol. The monoisotopic (exact) mass is 425 g/mol. The summed E-state index contributed by atoms with van der Waals surface area (Å²) in [7, 11) is 0. The molecule has 1 aromatic carbocycles. The van der Waals surface area contributed by atoms with Crippen molar-refractivity contribution in [3.63, 3.8) is 0 Å². The van der Waals surface area contributed by atoms with Crippen molar-refractivity contribution in [2.45, 2.75) is 46.6 Å². The number of amides is 1. The van der Waals surface area contributed by atoms with Crippen molar-refractivity contribution in [2.24, 2.45) is 5.92 Å². The highest BCUT2D eigenvalue weighted by atomic mass is 35.5. The molecule has 0 aliphatic carbocycles. The third-order valence-electron chi connectivity index (χ3n) is 5.57. The van der Waals surface area contributed by atoms with Crippen LogP contribution in [0.4, 0.5) is 11.4 Å². The number of rotatable bonds is 5. The number of hydrogen-bond acceptors (Lipinski definition) is 4. The fourth-order valence-corrected chi connectivity index (χ4v) is 4.49. The number of nitrogens with one attached hydrogen (secondary N) is 1. The van der Waals surface area contributed by atoms with Gasteiger partial charge in [0, 0.05) is 48.5 Å².